The zero-order valence-electron chi connectivity index (χ0n) is 13.1. The number of aromatic nitrogens is 6. The van der Waals surface area contributed by atoms with Crippen molar-refractivity contribution in [1.29, 1.82) is 0 Å². The Kier molecular flexibility index (Phi) is 3.83. The van der Waals surface area contributed by atoms with Crippen molar-refractivity contribution >= 4 is 16.9 Å². The fourth-order valence-electron chi connectivity index (χ4n) is 2.42. The van der Waals surface area contributed by atoms with E-state index in [9.17, 15) is 4.79 Å². The third-order valence-electron chi connectivity index (χ3n) is 3.62. The maximum Gasteiger partial charge on any atom is 0.271 e. The zero-order valence-corrected chi connectivity index (χ0v) is 13.1. The molecule has 0 fully saturated rings. The second-order valence-corrected chi connectivity index (χ2v) is 5.25. The van der Waals surface area contributed by atoms with Gasteiger partial charge in [-0.05, 0) is 18.2 Å². The van der Waals surface area contributed by atoms with Crippen molar-refractivity contribution in [3.8, 4) is 5.82 Å². The molecule has 4 rings (SSSR count). The van der Waals surface area contributed by atoms with Gasteiger partial charge in [0.1, 0.15) is 18.3 Å². The smallest absolute Gasteiger partial charge is 0.271 e. The van der Waals surface area contributed by atoms with Crippen LogP contribution in [-0.2, 0) is 6.54 Å². The van der Waals surface area contributed by atoms with Gasteiger partial charge in [-0.2, -0.15) is 5.10 Å². The molecule has 8 nitrogen and oxygen atoms in total. The molecule has 0 spiro atoms. The van der Waals surface area contributed by atoms with Crippen molar-refractivity contribution in [2.75, 3.05) is 0 Å². The summed E-state index contributed by atoms with van der Waals surface area (Å²) in [6, 6.07) is 11.1. The lowest BCUT2D eigenvalue weighted by atomic mass is 10.2. The SMILES string of the molecule is O=C(NCc1cccnc1-n1cncn1)c1cnc2ccccc2n1. The van der Waals surface area contributed by atoms with Crippen molar-refractivity contribution in [3.05, 3.63) is 72.7 Å². The molecule has 3 heterocycles. The van der Waals surface area contributed by atoms with E-state index in [1.165, 1.54) is 12.5 Å². The molecule has 25 heavy (non-hydrogen) atoms. The summed E-state index contributed by atoms with van der Waals surface area (Å²) >= 11 is 0. The third kappa shape index (κ3) is 3.05. The number of benzene rings is 1. The second kappa shape index (κ2) is 6.44. The molecule has 0 bridgehead atoms. The van der Waals surface area contributed by atoms with Crippen LogP contribution in [-0.4, -0.2) is 35.6 Å². The first kappa shape index (κ1) is 14.9. The highest BCUT2D eigenvalue weighted by Crippen LogP contribution is 2.11. The van der Waals surface area contributed by atoms with E-state index >= 15 is 0 Å². The number of fused-ring (bicyclic) bond motifs is 1. The molecule has 0 atom stereocenters. The van der Waals surface area contributed by atoms with Gasteiger partial charge in [-0.3, -0.25) is 9.78 Å². The van der Waals surface area contributed by atoms with Crippen LogP contribution in [0.15, 0.2) is 61.4 Å². The number of pyridine rings is 1. The number of para-hydroxylation sites is 2. The molecule has 1 amide bonds. The molecule has 0 aliphatic rings. The second-order valence-electron chi connectivity index (χ2n) is 5.25. The Hall–Kier alpha value is -3.68. The molecular formula is C17H13N7O. The summed E-state index contributed by atoms with van der Waals surface area (Å²) in [4.78, 5) is 29.2. The minimum atomic E-state index is -0.299. The van der Waals surface area contributed by atoms with E-state index in [-0.39, 0.29) is 18.1 Å². The molecule has 0 radical (unpaired) electrons. The van der Waals surface area contributed by atoms with Gasteiger partial charge < -0.3 is 5.32 Å². The van der Waals surface area contributed by atoms with Crippen molar-refractivity contribution in [3.63, 3.8) is 0 Å². The average Bonchev–Trinajstić information content (AvgIpc) is 3.20. The Labute approximate surface area is 142 Å². The number of carbonyl (C=O) groups is 1. The minimum absolute atomic E-state index is 0.268. The third-order valence-corrected chi connectivity index (χ3v) is 3.62. The van der Waals surface area contributed by atoms with Crippen molar-refractivity contribution < 1.29 is 4.79 Å². The molecule has 1 aromatic carbocycles. The van der Waals surface area contributed by atoms with Crippen LogP contribution in [0.1, 0.15) is 16.1 Å². The lowest BCUT2D eigenvalue weighted by Crippen LogP contribution is -2.25. The minimum Gasteiger partial charge on any atom is -0.346 e. The fraction of sp³-hybridized carbons (Fsp3) is 0.0588. The highest BCUT2D eigenvalue weighted by molar-refractivity contribution is 5.93. The predicted octanol–water partition coefficient (Wildman–Crippen LogP) is 1.54. The van der Waals surface area contributed by atoms with Crippen LogP contribution in [0.2, 0.25) is 0 Å². The molecule has 4 aromatic rings. The van der Waals surface area contributed by atoms with Gasteiger partial charge in [0.05, 0.1) is 17.2 Å². The number of hydrogen-bond donors (Lipinski definition) is 1. The first-order valence-electron chi connectivity index (χ1n) is 7.60. The monoisotopic (exact) mass is 331 g/mol. The summed E-state index contributed by atoms with van der Waals surface area (Å²) in [6.07, 6.45) is 6.13. The molecule has 1 N–H and O–H groups in total. The van der Waals surface area contributed by atoms with Gasteiger partial charge in [0.2, 0.25) is 0 Å². The topological polar surface area (TPSA) is 98.5 Å². The lowest BCUT2D eigenvalue weighted by molar-refractivity contribution is 0.0946. The van der Waals surface area contributed by atoms with Crippen molar-refractivity contribution in [2.24, 2.45) is 0 Å². The van der Waals surface area contributed by atoms with Gasteiger partial charge >= 0.3 is 0 Å². The fourth-order valence-corrected chi connectivity index (χ4v) is 2.42. The average molecular weight is 331 g/mol. The quantitative estimate of drug-likeness (QED) is 0.609. The normalized spacial score (nSPS) is 10.7. The Morgan fingerprint density at radius 2 is 1.96 bits per heavy atom. The van der Waals surface area contributed by atoms with Gasteiger partial charge in [-0.15, -0.1) is 0 Å². The molecule has 3 aromatic heterocycles. The maximum absolute atomic E-state index is 12.4. The van der Waals surface area contributed by atoms with Crippen LogP contribution >= 0.6 is 0 Å². The number of hydrogen-bond acceptors (Lipinski definition) is 6. The Morgan fingerprint density at radius 3 is 2.80 bits per heavy atom. The van der Waals surface area contributed by atoms with Gasteiger partial charge in [0, 0.05) is 18.3 Å². The molecule has 0 saturated carbocycles. The van der Waals surface area contributed by atoms with E-state index in [0.29, 0.717) is 11.3 Å². The molecular weight excluding hydrogens is 318 g/mol. The first-order valence-corrected chi connectivity index (χ1v) is 7.60. The zero-order chi connectivity index (χ0) is 17.1. The summed E-state index contributed by atoms with van der Waals surface area (Å²) in [5.41, 5.74) is 2.51. The summed E-state index contributed by atoms with van der Waals surface area (Å²) in [5, 5.41) is 6.91. The molecule has 0 aliphatic heterocycles. The van der Waals surface area contributed by atoms with Crippen LogP contribution in [0.5, 0.6) is 0 Å². The van der Waals surface area contributed by atoms with E-state index < -0.39 is 0 Å². The van der Waals surface area contributed by atoms with E-state index in [1.54, 1.807) is 23.3 Å². The molecule has 8 heteroatoms. The summed E-state index contributed by atoms with van der Waals surface area (Å²) in [7, 11) is 0. The van der Waals surface area contributed by atoms with Crippen LogP contribution in [0.25, 0.3) is 16.9 Å². The van der Waals surface area contributed by atoms with Gasteiger partial charge in [-0.25, -0.2) is 19.6 Å². The molecule has 122 valence electrons. The van der Waals surface area contributed by atoms with Gasteiger partial charge in [0.25, 0.3) is 5.91 Å². The highest BCUT2D eigenvalue weighted by Gasteiger charge is 2.11. The van der Waals surface area contributed by atoms with E-state index in [2.05, 4.69) is 30.4 Å². The van der Waals surface area contributed by atoms with Crippen LogP contribution in [0, 0.1) is 0 Å². The Bertz CT molecular complexity index is 1030. The Morgan fingerprint density at radius 1 is 1.08 bits per heavy atom. The highest BCUT2D eigenvalue weighted by atomic mass is 16.1. The van der Waals surface area contributed by atoms with Crippen LogP contribution in [0.4, 0.5) is 0 Å². The molecule has 0 unspecified atom stereocenters. The van der Waals surface area contributed by atoms with Crippen molar-refractivity contribution in [2.45, 2.75) is 6.54 Å². The number of amides is 1. The number of carbonyl (C=O) groups excluding carboxylic acids is 1. The number of rotatable bonds is 4. The molecule has 0 aliphatic carbocycles. The molecule has 0 saturated heterocycles. The largest absolute Gasteiger partial charge is 0.346 e. The van der Waals surface area contributed by atoms with Gasteiger partial charge in [0.15, 0.2) is 5.82 Å². The van der Waals surface area contributed by atoms with E-state index in [4.69, 9.17) is 0 Å². The van der Waals surface area contributed by atoms with Crippen LogP contribution in [0.3, 0.4) is 0 Å². The standard InChI is InChI=1S/C17H13N7O/c25-17(15-9-20-13-5-1-2-6-14(13)23-15)21-8-12-4-3-7-19-16(12)24-11-18-10-22-24/h1-7,9-11H,8H2,(H,21,25). The predicted molar refractivity (Wildman–Crippen MR) is 89.9 cm³/mol. The Balaban J connectivity index is 1.54. The van der Waals surface area contributed by atoms with E-state index in [0.717, 1.165) is 11.1 Å². The summed E-state index contributed by atoms with van der Waals surface area (Å²) < 4.78 is 1.55. The van der Waals surface area contributed by atoms with E-state index in [1.807, 2.05) is 30.3 Å². The van der Waals surface area contributed by atoms with Gasteiger partial charge in [-0.1, -0.05) is 18.2 Å². The van der Waals surface area contributed by atoms with Crippen LogP contribution < -0.4 is 5.32 Å². The lowest BCUT2D eigenvalue weighted by Gasteiger charge is -2.09. The first-order chi connectivity index (χ1) is 12.3. The summed E-state index contributed by atoms with van der Waals surface area (Å²) in [5.74, 6) is 0.316. The number of nitrogens with zero attached hydrogens (tertiary/aromatic N) is 6. The van der Waals surface area contributed by atoms with Crippen molar-refractivity contribution in [1.82, 2.24) is 35.0 Å². The number of nitrogens with one attached hydrogen (secondary N) is 1. The maximum atomic E-state index is 12.4. The summed E-state index contributed by atoms with van der Waals surface area (Å²) in [6.45, 7) is 0.288.